The van der Waals surface area contributed by atoms with Gasteiger partial charge >= 0.3 is 5.69 Å². The van der Waals surface area contributed by atoms with Crippen molar-refractivity contribution in [2.24, 2.45) is 0 Å². The highest BCUT2D eigenvalue weighted by atomic mass is 19.1. The molecule has 0 saturated carbocycles. The average Bonchev–Trinajstić information content (AvgIpc) is 3.07. The van der Waals surface area contributed by atoms with Crippen LogP contribution in [0.1, 0.15) is 57.5 Å². The van der Waals surface area contributed by atoms with E-state index in [0.29, 0.717) is 25.0 Å². The van der Waals surface area contributed by atoms with Crippen LogP contribution < -0.4 is 11.2 Å². The van der Waals surface area contributed by atoms with Crippen molar-refractivity contribution in [2.45, 2.75) is 59.2 Å². The number of ether oxygens (including phenoxy) is 1. The van der Waals surface area contributed by atoms with Crippen molar-refractivity contribution < 1.29 is 14.2 Å². The lowest BCUT2D eigenvalue weighted by Gasteiger charge is -2.21. The van der Waals surface area contributed by atoms with Crippen LogP contribution in [0, 0.1) is 5.82 Å². The van der Waals surface area contributed by atoms with Gasteiger partial charge in [-0.2, -0.15) is 4.68 Å². The minimum absolute atomic E-state index is 0.0469. The monoisotopic (exact) mass is 432 g/mol. The van der Waals surface area contributed by atoms with Gasteiger partial charge in [0.2, 0.25) is 0 Å². The number of aliphatic hydroxyl groups excluding tert-OH is 1. The van der Waals surface area contributed by atoms with E-state index in [-0.39, 0.29) is 34.4 Å². The van der Waals surface area contributed by atoms with Gasteiger partial charge in [-0.05, 0) is 42.3 Å². The molecule has 1 atom stereocenters. The van der Waals surface area contributed by atoms with Crippen molar-refractivity contribution in [1.29, 1.82) is 0 Å². The number of fused-ring (bicyclic) bond motifs is 1. The fraction of sp³-hybridized carbons (Fsp3) is 0.500. The SMILES string of the molecule is CCC(COC)n1cc(C(C)C)c2cc(-n3nc(CO)n(CC)c3=O)c(F)cc2c1=O. The lowest BCUT2D eigenvalue weighted by molar-refractivity contribution is 0.151. The summed E-state index contributed by atoms with van der Waals surface area (Å²) < 4.78 is 24.3. The molecular weight excluding hydrogens is 403 g/mol. The van der Waals surface area contributed by atoms with Crippen molar-refractivity contribution >= 4 is 10.8 Å². The van der Waals surface area contributed by atoms with Crippen molar-refractivity contribution in [2.75, 3.05) is 13.7 Å². The molecule has 0 saturated heterocycles. The Bertz CT molecular complexity index is 1210. The van der Waals surface area contributed by atoms with Crippen LogP contribution in [0.5, 0.6) is 0 Å². The third-order valence-electron chi connectivity index (χ3n) is 5.61. The Morgan fingerprint density at radius 1 is 1.19 bits per heavy atom. The van der Waals surface area contributed by atoms with E-state index < -0.39 is 18.1 Å². The van der Waals surface area contributed by atoms with Crippen molar-refractivity contribution in [1.82, 2.24) is 18.9 Å². The summed E-state index contributed by atoms with van der Waals surface area (Å²) in [5.41, 5.74) is -0.0512. The molecule has 3 aromatic rings. The molecule has 1 N–H and O–H groups in total. The molecule has 8 nitrogen and oxygen atoms in total. The number of benzene rings is 1. The molecular formula is C22H29FN4O4. The minimum atomic E-state index is -0.732. The smallest absolute Gasteiger partial charge is 0.350 e. The van der Waals surface area contributed by atoms with Crippen molar-refractivity contribution in [3.63, 3.8) is 0 Å². The Balaban J connectivity index is 2.34. The first-order valence-corrected chi connectivity index (χ1v) is 10.5. The summed E-state index contributed by atoms with van der Waals surface area (Å²) >= 11 is 0. The van der Waals surface area contributed by atoms with E-state index in [1.807, 2.05) is 20.8 Å². The highest BCUT2D eigenvalue weighted by Crippen LogP contribution is 2.28. The second kappa shape index (κ2) is 9.15. The van der Waals surface area contributed by atoms with Gasteiger partial charge in [-0.1, -0.05) is 20.8 Å². The first-order valence-electron chi connectivity index (χ1n) is 10.5. The van der Waals surface area contributed by atoms with Gasteiger partial charge in [0.05, 0.1) is 18.0 Å². The topological polar surface area (TPSA) is 91.3 Å². The number of pyridine rings is 1. The van der Waals surface area contributed by atoms with Crippen LogP contribution in [0.4, 0.5) is 4.39 Å². The van der Waals surface area contributed by atoms with E-state index in [1.165, 1.54) is 16.7 Å². The molecule has 0 spiro atoms. The van der Waals surface area contributed by atoms with Crippen LogP contribution in [0.15, 0.2) is 27.9 Å². The Hall–Kier alpha value is -2.78. The molecule has 0 aliphatic heterocycles. The van der Waals surface area contributed by atoms with E-state index in [1.54, 1.807) is 24.8 Å². The van der Waals surface area contributed by atoms with Gasteiger partial charge in [0.1, 0.15) is 18.1 Å². The molecule has 1 aromatic carbocycles. The molecule has 0 radical (unpaired) electrons. The summed E-state index contributed by atoms with van der Waals surface area (Å²) in [5.74, 6) is -0.535. The summed E-state index contributed by atoms with van der Waals surface area (Å²) in [7, 11) is 1.58. The number of aliphatic hydroxyl groups is 1. The van der Waals surface area contributed by atoms with Crippen molar-refractivity contribution in [3.8, 4) is 5.69 Å². The maximum Gasteiger partial charge on any atom is 0.350 e. The zero-order valence-corrected chi connectivity index (χ0v) is 18.6. The van der Waals surface area contributed by atoms with Gasteiger partial charge in [0.15, 0.2) is 5.82 Å². The van der Waals surface area contributed by atoms with Gasteiger partial charge < -0.3 is 14.4 Å². The molecule has 31 heavy (non-hydrogen) atoms. The number of rotatable bonds is 8. The molecule has 0 fully saturated rings. The van der Waals surface area contributed by atoms with Gasteiger partial charge in [0, 0.05) is 19.9 Å². The second-order valence-corrected chi connectivity index (χ2v) is 7.83. The number of hydrogen-bond acceptors (Lipinski definition) is 5. The number of aromatic nitrogens is 4. The Kier molecular flexibility index (Phi) is 6.76. The number of nitrogens with zero attached hydrogens (tertiary/aromatic N) is 4. The maximum absolute atomic E-state index is 15.2. The van der Waals surface area contributed by atoms with Gasteiger partial charge in [-0.15, -0.1) is 5.10 Å². The molecule has 2 aromatic heterocycles. The predicted octanol–water partition coefficient (Wildman–Crippen LogP) is 2.72. The summed E-state index contributed by atoms with van der Waals surface area (Å²) in [6.45, 7) is 7.92. The molecule has 9 heteroatoms. The third kappa shape index (κ3) is 3.95. The lowest BCUT2D eigenvalue weighted by atomic mass is 9.97. The fourth-order valence-corrected chi connectivity index (χ4v) is 3.90. The average molecular weight is 432 g/mol. The quantitative estimate of drug-likeness (QED) is 0.591. The minimum Gasteiger partial charge on any atom is -0.388 e. The van der Waals surface area contributed by atoms with Crippen LogP contribution in [0.3, 0.4) is 0 Å². The Labute approximate surface area is 179 Å². The van der Waals surface area contributed by atoms with E-state index in [9.17, 15) is 14.7 Å². The summed E-state index contributed by atoms with van der Waals surface area (Å²) in [6, 6.07) is 2.50. The predicted molar refractivity (Wildman–Crippen MR) is 116 cm³/mol. The van der Waals surface area contributed by atoms with E-state index in [2.05, 4.69) is 5.10 Å². The molecule has 0 amide bonds. The van der Waals surface area contributed by atoms with E-state index in [4.69, 9.17) is 4.74 Å². The van der Waals surface area contributed by atoms with Gasteiger partial charge in [0.25, 0.3) is 5.56 Å². The maximum atomic E-state index is 15.2. The van der Waals surface area contributed by atoms with Gasteiger partial charge in [-0.3, -0.25) is 9.36 Å². The Morgan fingerprint density at radius 2 is 1.90 bits per heavy atom. The zero-order valence-electron chi connectivity index (χ0n) is 18.6. The highest BCUT2D eigenvalue weighted by Gasteiger charge is 2.21. The largest absolute Gasteiger partial charge is 0.388 e. The normalized spacial score (nSPS) is 12.8. The van der Waals surface area contributed by atoms with Crippen LogP contribution in [0.2, 0.25) is 0 Å². The van der Waals surface area contributed by atoms with E-state index in [0.717, 1.165) is 10.2 Å². The van der Waals surface area contributed by atoms with Crippen molar-refractivity contribution in [3.05, 3.63) is 56.4 Å². The summed E-state index contributed by atoms with van der Waals surface area (Å²) in [4.78, 5) is 25.9. The number of halogens is 1. The van der Waals surface area contributed by atoms with Gasteiger partial charge in [-0.25, -0.2) is 9.18 Å². The third-order valence-corrected chi connectivity index (χ3v) is 5.61. The molecule has 0 aliphatic rings. The molecule has 1 unspecified atom stereocenters. The van der Waals surface area contributed by atoms with Crippen LogP contribution in [-0.4, -0.2) is 37.7 Å². The molecule has 0 bridgehead atoms. The molecule has 168 valence electrons. The molecule has 2 heterocycles. The van der Waals surface area contributed by atoms with Crippen LogP contribution >= 0.6 is 0 Å². The second-order valence-electron chi connectivity index (χ2n) is 7.83. The first kappa shape index (κ1) is 22.9. The first-order chi connectivity index (χ1) is 14.8. The zero-order chi connectivity index (χ0) is 22.9. The molecule has 0 aliphatic carbocycles. The Morgan fingerprint density at radius 3 is 2.42 bits per heavy atom. The van der Waals surface area contributed by atoms with Crippen LogP contribution in [-0.2, 0) is 17.9 Å². The highest BCUT2D eigenvalue weighted by molar-refractivity contribution is 5.87. The summed E-state index contributed by atoms with van der Waals surface area (Å²) in [6.07, 6.45) is 2.49. The fourth-order valence-electron chi connectivity index (χ4n) is 3.90. The van der Waals surface area contributed by atoms with Crippen LogP contribution in [0.25, 0.3) is 16.5 Å². The number of methoxy groups -OCH3 is 1. The molecule has 3 rings (SSSR count). The van der Waals surface area contributed by atoms with E-state index >= 15 is 4.39 Å². The number of hydrogen-bond donors (Lipinski definition) is 1. The summed E-state index contributed by atoms with van der Waals surface area (Å²) in [5, 5.41) is 14.4. The lowest BCUT2D eigenvalue weighted by Crippen LogP contribution is -2.28. The standard InChI is InChI=1S/C22H29FN4O4/c1-6-14(12-31-5)26-10-17(13(3)4)15-9-19(18(23)8-16(15)21(26)29)27-22(30)25(7-2)20(11-28)24-27/h8-10,13-14,28H,6-7,11-12H2,1-5H3.